The molecule has 4 amide bonds. The molecule has 8 rings (SSSR count). The van der Waals surface area contributed by atoms with Crippen LogP contribution in [0.1, 0.15) is 96.0 Å². The molecule has 6 N–H and O–H groups in total. The minimum atomic E-state index is -0.728. The summed E-state index contributed by atoms with van der Waals surface area (Å²) in [6.07, 6.45) is 9.85. The number of piperidine rings is 1. The van der Waals surface area contributed by atoms with Crippen LogP contribution in [-0.2, 0) is 27.5 Å². The summed E-state index contributed by atoms with van der Waals surface area (Å²) in [6, 6.07) is 20.6. The first kappa shape index (κ1) is 47.3. The van der Waals surface area contributed by atoms with Crippen molar-refractivity contribution in [3.8, 4) is 11.3 Å². The fourth-order valence-corrected chi connectivity index (χ4v) is 8.72. The van der Waals surface area contributed by atoms with Gasteiger partial charge in [0.25, 0.3) is 5.91 Å². The van der Waals surface area contributed by atoms with Gasteiger partial charge in [0.05, 0.1) is 23.5 Å². The second-order valence-electron chi connectivity index (χ2n) is 16.7. The molecule has 1 saturated heterocycles. The molecular weight excluding hydrogens is 892 g/mol. The number of aromatic nitrogens is 2. The minimum Gasteiger partial charge on any atom is -0.389 e. The van der Waals surface area contributed by atoms with Crippen LogP contribution < -0.4 is 26.6 Å². The molecule has 0 saturated carbocycles. The van der Waals surface area contributed by atoms with Crippen molar-refractivity contribution in [2.75, 3.05) is 30.3 Å². The van der Waals surface area contributed by atoms with Gasteiger partial charge >= 0.3 is 0 Å². The Morgan fingerprint density at radius 2 is 1.66 bits per heavy atom. The van der Waals surface area contributed by atoms with E-state index in [1.807, 2.05) is 24.3 Å². The van der Waals surface area contributed by atoms with Crippen LogP contribution in [0, 0.1) is 17.2 Å². The van der Waals surface area contributed by atoms with E-state index in [1.165, 1.54) is 23.1 Å². The lowest BCUT2D eigenvalue weighted by Crippen LogP contribution is -2.52. The molecule has 18 heteroatoms. The van der Waals surface area contributed by atoms with Crippen molar-refractivity contribution in [1.29, 1.82) is 5.53 Å². The van der Waals surface area contributed by atoms with Gasteiger partial charge in [0, 0.05) is 88.1 Å². The van der Waals surface area contributed by atoms with Gasteiger partial charge in [0.2, 0.25) is 23.7 Å². The highest BCUT2D eigenvalue weighted by atomic mass is 35.5. The maximum atomic E-state index is 14.9. The average Bonchev–Trinajstić information content (AvgIpc) is 3.58. The van der Waals surface area contributed by atoms with Crippen LogP contribution in [0.5, 0.6) is 0 Å². The summed E-state index contributed by atoms with van der Waals surface area (Å²) in [6.45, 7) is 2.73. The second kappa shape index (κ2) is 22.0. The molecule has 1 aromatic heterocycles. The van der Waals surface area contributed by atoms with Crippen LogP contribution in [0.25, 0.3) is 17.0 Å². The summed E-state index contributed by atoms with van der Waals surface area (Å²) in [7, 11) is 0. The van der Waals surface area contributed by atoms with Crippen LogP contribution in [-0.4, -0.2) is 69.9 Å². The number of hydrogen-bond acceptors (Lipinski definition) is 12. The van der Waals surface area contributed by atoms with E-state index < -0.39 is 23.6 Å². The number of aliphatic imine (C=N–C) groups is 1. The highest BCUT2D eigenvalue weighted by molar-refractivity contribution is 6.31. The van der Waals surface area contributed by atoms with Crippen LogP contribution in [0.15, 0.2) is 101 Å². The zero-order valence-electron chi connectivity index (χ0n) is 37.1. The van der Waals surface area contributed by atoms with Crippen molar-refractivity contribution < 1.29 is 28.0 Å². The first-order valence-electron chi connectivity index (χ1n) is 22.7. The van der Waals surface area contributed by atoms with Crippen LogP contribution >= 0.6 is 11.6 Å². The predicted molar refractivity (Wildman–Crippen MR) is 255 cm³/mol. The Morgan fingerprint density at radius 3 is 2.46 bits per heavy atom. The maximum absolute atomic E-state index is 14.9. The summed E-state index contributed by atoms with van der Waals surface area (Å²) in [4.78, 5) is 65.2. The predicted octanol–water partition coefficient (Wildman–Crippen LogP) is 8.81. The van der Waals surface area contributed by atoms with E-state index in [4.69, 9.17) is 22.1 Å². The maximum Gasteiger partial charge on any atom is 0.255 e. The number of nitrogens with one attached hydrogen (secondary N) is 6. The van der Waals surface area contributed by atoms with Gasteiger partial charge < -0.3 is 26.2 Å². The topological polar surface area (TPSA) is 206 Å². The Bertz CT molecular complexity index is 2780. The molecule has 15 nitrogen and oxygen atoms in total. The number of imide groups is 1. The molecule has 0 radical (unpaired) electrons. The average molecular weight is 942 g/mol. The van der Waals surface area contributed by atoms with Gasteiger partial charge in [-0.1, -0.05) is 61.2 Å². The standard InChI is InChI=1S/C50H50ClF2N11O4/c51-32-16-19-34-36(25-32)47(45-38(52)10-7-11-39(45)53)57-26-31-27-58-50(62-46(31)34)59-33-17-14-30(15-18-33)41(63-54)28-56-24-8-23-55-22-5-3-1-2-4-13-43(65)60-40-12-6-9-35-37(40)29-64(49(35)68)42-20-21-44(66)61-48(42)67/h6-7,9-12,14-19,25,27-28,42,54-56H,1-5,8,13,20-24,26,29H2,(H,60,65)(H,58,59,62)(H,61,66,67)/b41-28-,63-54?. The van der Waals surface area contributed by atoms with Crippen molar-refractivity contribution in [2.45, 2.75) is 76.9 Å². The third-order valence-electron chi connectivity index (χ3n) is 12.0. The lowest BCUT2D eigenvalue weighted by atomic mass is 9.95. The van der Waals surface area contributed by atoms with Crippen molar-refractivity contribution in [3.05, 3.63) is 141 Å². The van der Waals surface area contributed by atoms with Gasteiger partial charge in [0.1, 0.15) is 23.4 Å². The Morgan fingerprint density at radius 1 is 0.897 bits per heavy atom. The number of anilines is 3. The molecule has 5 aromatic rings. The largest absolute Gasteiger partial charge is 0.389 e. The molecule has 1 atom stereocenters. The number of halogens is 3. The van der Waals surface area contributed by atoms with Crippen molar-refractivity contribution in [1.82, 2.24) is 30.8 Å². The second-order valence-corrected chi connectivity index (χ2v) is 17.2. The Balaban J connectivity index is 0.715. The molecule has 3 aliphatic rings. The quantitative estimate of drug-likeness (QED) is 0.0250. The number of benzene rings is 4. The molecule has 0 bridgehead atoms. The Hall–Kier alpha value is -7.24. The van der Waals surface area contributed by atoms with E-state index in [2.05, 4.69) is 41.7 Å². The Kier molecular flexibility index (Phi) is 15.3. The molecule has 4 heterocycles. The third kappa shape index (κ3) is 11.1. The zero-order valence-corrected chi connectivity index (χ0v) is 37.9. The van der Waals surface area contributed by atoms with Crippen molar-refractivity contribution in [2.24, 2.45) is 10.1 Å². The molecule has 68 heavy (non-hydrogen) atoms. The van der Waals surface area contributed by atoms with E-state index in [0.717, 1.165) is 57.2 Å². The smallest absolute Gasteiger partial charge is 0.255 e. The van der Waals surface area contributed by atoms with Crippen LogP contribution in [0.3, 0.4) is 0 Å². The first-order chi connectivity index (χ1) is 33.1. The molecule has 4 aromatic carbocycles. The Labute approximate surface area is 396 Å². The van der Waals surface area contributed by atoms with E-state index in [9.17, 15) is 28.0 Å². The zero-order chi connectivity index (χ0) is 47.6. The SMILES string of the molecule is N=N/C(=C\NCCCNCCCCCCCC(=O)Nc1cccc2c1CN(C1CCC(=O)NC1=O)C2=O)c1ccc(Nc2ncc3c(n2)-c2ccc(Cl)cc2C(c2c(F)cccc2F)=NC3)cc1. The number of carbonyl (C=O) groups excluding carboxylic acids is 4. The highest BCUT2D eigenvalue weighted by Gasteiger charge is 2.40. The summed E-state index contributed by atoms with van der Waals surface area (Å²) >= 11 is 6.36. The summed E-state index contributed by atoms with van der Waals surface area (Å²) in [5, 5.41) is 19.3. The lowest BCUT2D eigenvalue weighted by molar-refractivity contribution is -0.137. The summed E-state index contributed by atoms with van der Waals surface area (Å²) in [5.41, 5.74) is 13.6. The highest BCUT2D eigenvalue weighted by Crippen LogP contribution is 2.36. The van der Waals surface area contributed by atoms with Gasteiger partial charge in [-0.25, -0.2) is 24.3 Å². The van der Waals surface area contributed by atoms with E-state index in [-0.39, 0.29) is 54.9 Å². The molecular formula is C50H50ClF2N11O4. The number of fused-ring (bicyclic) bond motifs is 4. The molecule has 1 unspecified atom stereocenters. The van der Waals surface area contributed by atoms with Gasteiger partial charge in [0.15, 0.2) is 0 Å². The van der Waals surface area contributed by atoms with E-state index in [0.29, 0.717) is 74.5 Å². The van der Waals surface area contributed by atoms with Crippen LogP contribution in [0.4, 0.5) is 26.1 Å². The number of carbonyl (C=O) groups is 4. The minimum absolute atomic E-state index is 0.106. The fraction of sp³-hybridized carbons (Fsp3) is 0.300. The fourth-order valence-electron chi connectivity index (χ4n) is 8.55. The van der Waals surface area contributed by atoms with E-state index >= 15 is 0 Å². The lowest BCUT2D eigenvalue weighted by Gasteiger charge is -2.29. The molecule has 0 aliphatic carbocycles. The normalized spacial score (nSPS) is 15.4. The van der Waals surface area contributed by atoms with Gasteiger partial charge in [-0.2, -0.15) is 5.11 Å². The van der Waals surface area contributed by atoms with Gasteiger partial charge in [-0.3, -0.25) is 29.5 Å². The van der Waals surface area contributed by atoms with Gasteiger partial charge in [-0.15, -0.1) is 0 Å². The summed E-state index contributed by atoms with van der Waals surface area (Å²) in [5.74, 6) is -2.34. The van der Waals surface area contributed by atoms with Gasteiger partial charge in [-0.05, 0) is 87.3 Å². The van der Waals surface area contributed by atoms with Crippen molar-refractivity contribution >= 4 is 64.0 Å². The number of rotatable bonds is 20. The summed E-state index contributed by atoms with van der Waals surface area (Å²) < 4.78 is 29.9. The number of hydrogen-bond donors (Lipinski definition) is 6. The molecule has 0 spiro atoms. The number of unbranched alkanes of at least 4 members (excludes halogenated alkanes) is 4. The molecule has 1 fully saturated rings. The van der Waals surface area contributed by atoms with Crippen LogP contribution in [0.2, 0.25) is 5.02 Å². The molecule has 3 aliphatic heterocycles. The monoisotopic (exact) mass is 941 g/mol. The van der Waals surface area contributed by atoms with Crippen molar-refractivity contribution in [3.63, 3.8) is 0 Å². The molecule has 350 valence electrons. The number of amides is 4. The number of nitrogens with zero attached hydrogens (tertiary/aromatic N) is 5. The van der Waals surface area contributed by atoms with E-state index in [1.54, 1.807) is 48.8 Å². The first-order valence-corrected chi connectivity index (χ1v) is 23.1. The third-order valence-corrected chi connectivity index (χ3v) is 12.3.